The van der Waals surface area contributed by atoms with Gasteiger partial charge < -0.3 is 15.1 Å². The van der Waals surface area contributed by atoms with Gasteiger partial charge in [0.2, 0.25) is 5.91 Å². The zero-order valence-corrected chi connectivity index (χ0v) is 17.4. The minimum atomic E-state index is -0.116. The minimum Gasteiger partial charge on any atom is -0.350 e. The van der Waals surface area contributed by atoms with Crippen molar-refractivity contribution in [3.8, 4) is 0 Å². The van der Waals surface area contributed by atoms with Crippen LogP contribution >= 0.6 is 0 Å². The van der Waals surface area contributed by atoms with E-state index in [-0.39, 0.29) is 23.3 Å². The van der Waals surface area contributed by atoms with E-state index in [1.54, 1.807) is 0 Å². The predicted molar refractivity (Wildman–Crippen MR) is 110 cm³/mol. The molecule has 5 nitrogen and oxygen atoms in total. The van der Waals surface area contributed by atoms with E-state index in [4.69, 9.17) is 0 Å². The highest BCUT2D eigenvalue weighted by Gasteiger charge is 2.57. The Morgan fingerprint density at radius 3 is 2.71 bits per heavy atom. The molecule has 3 fully saturated rings. The van der Waals surface area contributed by atoms with E-state index in [9.17, 15) is 9.59 Å². The van der Waals surface area contributed by atoms with Crippen molar-refractivity contribution in [1.29, 1.82) is 0 Å². The highest BCUT2D eigenvalue weighted by Crippen LogP contribution is 2.44. The zero-order valence-electron chi connectivity index (χ0n) is 17.4. The first-order valence-electron chi connectivity index (χ1n) is 10.8. The van der Waals surface area contributed by atoms with Gasteiger partial charge in [0.15, 0.2) is 0 Å². The third kappa shape index (κ3) is 3.45. The standard InChI is InChI=1S/C23H33N3O2/c1-4-16(2)13-25-14-19-20(15-25)23(24-21(19)27)8-10-26(11-9-23)22(28)18-7-5-6-17(3)12-18/h5-7,12,16,19-20H,4,8-11,13-15H2,1-3H3,(H,24,27)/t16-,19+,20-/m0/s1. The molecule has 0 aliphatic carbocycles. The maximum absolute atomic E-state index is 12.9. The van der Waals surface area contributed by atoms with Crippen molar-refractivity contribution in [3.63, 3.8) is 0 Å². The average Bonchev–Trinajstić information content (AvgIpc) is 3.21. The number of carbonyl (C=O) groups excluding carboxylic acids is 2. The number of aryl methyl sites for hydroxylation is 1. The Hall–Kier alpha value is -1.88. The van der Waals surface area contributed by atoms with Crippen LogP contribution in [0.2, 0.25) is 0 Å². The Labute approximate surface area is 168 Å². The Bertz CT molecular complexity index is 754. The van der Waals surface area contributed by atoms with Crippen molar-refractivity contribution in [1.82, 2.24) is 15.1 Å². The Balaban J connectivity index is 1.42. The molecule has 3 atom stereocenters. The van der Waals surface area contributed by atoms with E-state index in [0.29, 0.717) is 11.8 Å². The van der Waals surface area contributed by atoms with Crippen LogP contribution < -0.4 is 5.32 Å². The van der Waals surface area contributed by atoms with Gasteiger partial charge in [0.1, 0.15) is 0 Å². The summed E-state index contributed by atoms with van der Waals surface area (Å²) >= 11 is 0. The molecular formula is C23H33N3O2. The number of likely N-dealkylation sites (tertiary alicyclic amines) is 2. The van der Waals surface area contributed by atoms with E-state index >= 15 is 0 Å². The van der Waals surface area contributed by atoms with Crippen LogP contribution in [0.5, 0.6) is 0 Å². The van der Waals surface area contributed by atoms with Crippen LogP contribution in [-0.4, -0.2) is 59.9 Å². The van der Waals surface area contributed by atoms with Crippen LogP contribution in [0, 0.1) is 24.7 Å². The lowest BCUT2D eigenvalue weighted by Gasteiger charge is -2.43. The normalized spacial score (nSPS) is 27.7. The highest BCUT2D eigenvalue weighted by atomic mass is 16.2. The molecule has 0 saturated carbocycles. The average molecular weight is 384 g/mol. The van der Waals surface area contributed by atoms with Crippen molar-refractivity contribution >= 4 is 11.8 Å². The molecule has 1 spiro atoms. The molecule has 4 rings (SSSR count). The second kappa shape index (κ2) is 7.51. The molecule has 0 bridgehead atoms. The maximum Gasteiger partial charge on any atom is 0.253 e. The van der Waals surface area contributed by atoms with E-state index < -0.39 is 0 Å². The molecule has 1 aromatic rings. The summed E-state index contributed by atoms with van der Waals surface area (Å²) in [7, 11) is 0. The van der Waals surface area contributed by atoms with Crippen molar-refractivity contribution in [2.24, 2.45) is 17.8 Å². The number of piperidine rings is 1. The van der Waals surface area contributed by atoms with Crippen LogP contribution in [0.15, 0.2) is 24.3 Å². The van der Waals surface area contributed by atoms with E-state index in [1.807, 2.05) is 36.1 Å². The molecule has 5 heteroatoms. The molecule has 3 heterocycles. The Kier molecular flexibility index (Phi) is 5.21. The fraction of sp³-hybridized carbons (Fsp3) is 0.652. The lowest BCUT2D eigenvalue weighted by Crippen LogP contribution is -2.56. The molecule has 152 valence electrons. The number of carbonyl (C=O) groups is 2. The molecule has 3 aliphatic rings. The number of fused-ring (bicyclic) bond motifs is 2. The SMILES string of the molecule is CC[C@H](C)CN1C[C@H]2C(=O)NC3(CCN(C(=O)c4cccc(C)c4)CC3)[C@H]2C1. The number of benzene rings is 1. The van der Waals surface area contributed by atoms with Gasteiger partial charge in [0, 0.05) is 49.7 Å². The smallest absolute Gasteiger partial charge is 0.253 e. The summed E-state index contributed by atoms with van der Waals surface area (Å²) in [6.07, 6.45) is 2.92. The van der Waals surface area contributed by atoms with Crippen LogP contribution in [0.4, 0.5) is 0 Å². The molecule has 3 aliphatic heterocycles. The molecule has 3 saturated heterocycles. The van der Waals surface area contributed by atoms with Crippen LogP contribution in [0.25, 0.3) is 0 Å². The highest BCUT2D eigenvalue weighted by molar-refractivity contribution is 5.94. The topological polar surface area (TPSA) is 52.7 Å². The third-order valence-corrected chi connectivity index (χ3v) is 7.29. The predicted octanol–water partition coefficient (Wildman–Crippen LogP) is 2.69. The minimum absolute atomic E-state index is 0.115. The summed E-state index contributed by atoms with van der Waals surface area (Å²) in [6, 6.07) is 7.82. The molecule has 28 heavy (non-hydrogen) atoms. The van der Waals surface area contributed by atoms with Gasteiger partial charge in [-0.25, -0.2) is 0 Å². The largest absolute Gasteiger partial charge is 0.350 e. The van der Waals surface area contributed by atoms with Crippen molar-refractivity contribution in [2.45, 2.75) is 45.6 Å². The van der Waals surface area contributed by atoms with Gasteiger partial charge >= 0.3 is 0 Å². The number of hydrogen-bond donors (Lipinski definition) is 1. The molecule has 0 radical (unpaired) electrons. The summed E-state index contributed by atoms with van der Waals surface area (Å²) in [5, 5.41) is 3.36. The van der Waals surface area contributed by atoms with Gasteiger partial charge in [-0.2, -0.15) is 0 Å². The van der Waals surface area contributed by atoms with Gasteiger partial charge in [-0.1, -0.05) is 38.0 Å². The van der Waals surface area contributed by atoms with Crippen molar-refractivity contribution in [2.75, 3.05) is 32.7 Å². The monoisotopic (exact) mass is 383 g/mol. The van der Waals surface area contributed by atoms with Gasteiger partial charge in [-0.3, -0.25) is 9.59 Å². The maximum atomic E-state index is 12.9. The number of amides is 2. The third-order valence-electron chi connectivity index (χ3n) is 7.29. The van der Waals surface area contributed by atoms with Crippen molar-refractivity contribution < 1.29 is 9.59 Å². The second-order valence-corrected chi connectivity index (χ2v) is 9.25. The molecule has 1 N–H and O–H groups in total. The Morgan fingerprint density at radius 1 is 1.29 bits per heavy atom. The van der Waals surface area contributed by atoms with Gasteiger partial charge in [0.05, 0.1) is 5.92 Å². The number of nitrogens with one attached hydrogen (secondary N) is 1. The summed E-state index contributed by atoms with van der Waals surface area (Å²) in [5.41, 5.74) is 1.76. The molecular weight excluding hydrogens is 350 g/mol. The van der Waals surface area contributed by atoms with Crippen LogP contribution in [-0.2, 0) is 4.79 Å². The molecule has 2 amide bonds. The second-order valence-electron chi connectivity index (χ2n) is 9.25. The first kappa shape index (κ1) is 19.4. The fourth-order valence-electron chi connectivity index (χ4n) is 5.43. The lowest BCUT2D eigenvalue weighted by molar-refractivity contribution is -0.123. The molecule has 0 aromatic heterocycles. The zero-order chi connectivity index (χ0) is 19.9. The quantitative estimate of drug-likeness (QED) is 0.870. The number of hydrogen-bond acceptors (Lipinski definition) is 3. The first-order valence-corrected chi connectivity index (χ1v) is 10.8. The number of rotatable bonds is 4. The lowest BCUT2D eigenvalue weighted by atomic mass is 9.75. The van der Waals surface area contributed by atoms with Gasteiger partial charge in [-0.15, -0.1) is 0 Å². The summed E-state index contributed by atoms with van der Waals surface area (Å²) in [6.45, 7) is 11.0. The summed E-state index contributed by atoms with van der Waals surface area (Å²) < 4.78 is 0. The number of nitrogens with zero attached hydrogens (tertiary/aromatic N) is 2. The van der Waals surface area contributed by atoms with Gasteiger partial charge in [0.25, 0.3) is 5.91 Å². The Morgan fingerprint density at radius 2 is 2.04 bits per heavy atom. The van der Waals surface area contributed by atoms with Crippen molar-refractivity contribution in [3.05, 3.63) is 35.4 Å². The van der Waals surface area contributed by atoms with E-state index in [2.05, 4.69) is 24.1 Å². The van der Waals surface area contributed by atoms with Gasteiger partial charge in [-0.05, 0) is 37.8 Å². The van der Waals surface area contributed by atoms with E-state index in [0.717, 1.165) is 56.7 Å². The van der Waals surface area contributed by atoms with E-state index in [1.165, 1.54) is 6.42 Å². The molecule has 1 aromatic carbocycles. The summed E-state index contributed by atoms with van der Waals surface area (Å²) in [4.78, 5) is 30.0. The molecule has 0 unspecified atom stereocenters. The first-order chi connectivity index (χ1) is 13.4. The van der Waals surface area contributed by atoms with Crippen LogP contribution in [0.3, 0.4) is 0 Å². The fourth-order valence-corrected chi connectivity index (χ4v) is 5.43. The van der Waals surface area contributed by atoms with Crippen LogP contribution in [0.1, 0.15) is 49.0 Å². The summed E-state index contributed by atoms with van der Waals surface area (Å²) in [5.74, 6) is 1.54.